The fraction of sp³-hybridized carbons (Fsp3) is 0.263. The Labute approximate surface area is 144 Å². The third-order valence-electron chi connectivity index (χ3n) is 3.60. The summed E-state index contributed by atoms with van der Waals surface area (Å²) >= 11 is 0. The van der Waals surface area contributed by atoms with Crippen molar-refractivity contribution in [2.45, 2.75) is 24.7 Å². The van der Waals surface area contributed by atoms with Crippen LogP contribution in [0.2, 0.25) is 0 Å². The van der Waals surface area contributed by atoms with Crippen molar-refractivity contribution in [3.63, 3.8) is 0 Å². The molecule has 0 aliphatic heterocycles. The summed E-state index contributed by atoms with van der Waals surface area (Å²) in [6.07, 6.45) is 5.62. The Hall–Kier alpha value is -2.11. The Morgan fingerprint density at radius 1 is 1.04 bits per heavy atom. The number of nitrogens with one attached hydrogen (secondary N) is 1. The lowest BCUT2D eigenvalue weighted by atomic mass is 10.2. The smallest absolute Gasteiger partial charge is 0.240 e. The van der Waals surface area contributed by atoms with E-state index in [1.54, 1.807) is 31.4 Å². The molecule has 5 heteroatoms. The molecule has 4 nitrogen and oxygen atoms in total. The second kappa shape index (κ2) is 8.66. The second-order valence-corrected chi connectivity index (χ2v) is 7.30. The lowest BCUT2D eigenvalue weighted by Gasteiger charge is -2.06. The molecule has 2 aromatic carbocycles. The molecule has 1 N–H and O–H groups in total. The zero-order chi connectivity index (χ0) is 17.4. The van der Waals surface area contributed by atoms with Gasteiger partial charge in [-0.15, -0.1) is 0 Å². The first-order valence-electron chi connectivity index (χ1n) is 7.88. The first kappa shape index (κ1) is 18.2. The lowest BCUT2D eigenvalue weighted by molar-refractivity contribution is 0.415. The first-order valence-corrected chi connectivity index (χ1v) is 9.36. The van der Waals surface area contributed by atoms with Crippen molar-refractivity contribution in [2.24, 2.45) is 0 Å². The van der Waals surface area contributed by atoms with Crippen molar-refractivity contribution < 1.29 is 13.2 Å². The zero-order valence-electron chi connectivity index (χ0n) is 14.0. The van der Waals surface area contributed by atoms with Crippen LogP contribution < -0.4 is 9.46 Å². The van der Waals surface area contributed by atoms with Crippen LogP contribution in [0.25, 0.3) is 6.08 Å². The van der Waals surface area contributed by atoms with Crippen LogP contribution in [0.1, 0.15) is 24.0 Å². The summed E-state index contributed by atoms with van der Waals surface area (Å²) < 4.78 is 32.0. The number of benzene rings is 2. The van der Waals surface area contributed by atoms with E-state index < -0.39 is 10.0 Å². The summed E-state index contributed by atoms with van der Waals surface area (Å²) in [4.78, 5) is 0.307. The van der Waals surface area contributed by atoms with E-state index in [2.05, 4.69) is 4.72 Å². The Bertz CT molecular complexity index is 763. The number of ether oxygens (including phenoxy) is 1. The maximum absolute atomic E-state index is 12.1. The summed E-state index contributed by atoms with van der Waals surface area (Å²) in [7, 11) is -1.77. The van der Waals surface area contributed by atoms with E-state index in [0.717, 1.165) is 29.7 Å². The number of allylic oxidation sites excluding steroid dienone is 1. The van der Waals surface area contributed by atoms with Gasteiger partial charge in [-0.05, 0) is 49.6 Å². The minimum atomic E-state index is -3.41. The van der Waals surface area contributed by atoms with Crippen LogP contribution in [-0.2, 0) is 10.0 Å². The average Bonchev–Trinajstić information content (AvgIpc) is 2.59. The monoisotopic (exact) mass is 345 g/mol. The molecule has 0 aliphatic carbocycles. The molecule has 0 bridgehead atoms. The highest BCUT2D eigenvalue weighted by atomic mass is 32.2. The topological polar surface area (TPSA) is 55.4 Å². The van der Waals surface area contributed by atoms with E-state index in [1.807, 2.05) is 43.3 Å². The Morgan fingerprint density at radius 2 is 1.71 bits per heavy atom. The SMILES string of the molecule is COc1ccc(C=CCCCNS(=O)(=O)c2ccc(C)cc2)cc1. The minimum Gasteiger partial charge on any atom is -0.497 e. The van der Waals surface area contributed by atoms with Gasteiger partial charge in [0.25, 0.3) is 0 Å². The Morgan fingerprint density at radius 3 is 2.33 bits per heavy atom. The molecule has 0 fully saturated rings. The summed E-state index contributed by atoms with van der Waals surface area (Å²) in [6, 6.07) is 14.6. The highest BCUT2D eigenvalue weighted by Gasteiger charge is 2.11. The van der Waals surface area contributed by atoms with E-state index in [4.69, 9.17) is 4.74 Å². The summed E-state index contributed by atoms with van der Waals surface area (Å²) in [5.74, 6) is 0.831. The van der Waals surface area contributed by atoms with Gasteiger partial charge < -0.3 is 4.74 Å². The van der Waals surface area contributed by atoms with Crippen LogP contribution >= 0.6 is 0 Å². The van der Waals surface area contributed by atoms with Crippen molar-refractivity contribution in [1.82, 2.24) is 4.72 Å². The molecule has 0 aromatic heterocycles. The van der Waals surface area contributed by atoms with E-state index in [-0.39, 0.29) is 0 Å². The zero-order valence-corrected chi connectivity index (χ0v) is 14.8. The lowest BCUT2D eigenvalue weighted by Crippen LogP contribution is -2.24. The van der Waals surface area contributed by atoms with Crippen LogP contribution in [0.4, 0.5) is 0 Å². The molecule has 2 rings (SSSR count). The normalized spacial score (nSPS) is 11.8. The molecule has 0 amide bonds. The van der Waals surface area contributed by atoms with Crippen LogP contribution in [-0.4, -0.2) is 22.1 Å². The third-order valence-corrected chi connectivity index (χ3v) is 5.07. The molecule has 0 aliphatic rings. The fourth-order valence-electron chi connectivity index (χ4n) is 2.16. The first-order chi connectivity index (χ1) is 11.5. The number of hydrogen-bond donors (Lipinski definition) is 1. The maximum atomic E-state index is 12.1. The van der Waals surface area contributed by atoms with Crippen LogP contribution in [0.15, 0.2) is 59.5 Å². The van der Waals surface area contributed by atoms with Crippen molar-refractivity contribution in [1.29, 1.82) is 0 Å². The molecular weight excluding hydrogens is 322 g/mol. The van der Waals surface area contributed by atoms with Gasteiger partial charge in [-0.3, -0.25) is 0 Å². The standard InChI is InChI=1S/C19H23NO3S/c1-16-7-13-19(14-8-16)24(21,22)20-15-5-3-4-6-17-9-11-18(23-2)12-10-17/h4,6-14,20H,3,5,15H2,1-2H3. The molecule has 0 unspecified atom stereocenters. The second-order valence-electron chi connectivity index (χ2n) is 5.53. The van der Waals surface area contributed by atoms with E-state index in [9.17, 15) is 8.42 Å². The summed E-state index contributed by atoms with van der Waals surface area (Å²) in [5, 5.41) is 0. The number of rotatable bonds is 8. The highest BCUT2D eigenvalue weighted by Crippen LogP contribution is 2.13. The van der Waals surface area contributed by atoms with Gasteiger partial charge in [0.05, 0.1) is 12.0 Å². The Kier molecular flexibility index (Phi) is 6.58. The third kappa shape index (κ3) is 5.51. The molecule has 128 valence electrons. The summed E-state index contributed by atoms with van der Waals surface area (Å²) in [5.41, 5.74) is 2.13. The predicted molar refractivity (Wildman–Crippen MR) is 97.6 cm³/mol. The van der Waals surface area contributed by atoms with Crippen LogP contribution in [0.5, 0.6) is 5.75 Å². The molecule has 0 radical (unpaired) electrons. The molecule has 0 saturated carbocycles. The van der Waals surface area contributed by atoms with Gasteiger partial charge in [0, 0.05) is 6.54 Å². The van der Waals surface area contributed by atoms with Crippen molar-refractivity contribution >= 4 is 16.1 Å². The van der Waals surface area contributed by atoms with E-state index in [0.29, 0.717) is 11.4 Å². The van der Waals surface area contributed by atoms with Gasteiger partial charge >= 0.3 is 0 Å². The Balaban J connectivity index is 1.75. The molecule has 0 saturated heterocycles. The molecule has 24 heavy (non-hydrogen) atoms. The van der Waals surface area contributed by atoms with Gasteiger partial charge in [0.2, 0.25) is 10.0 Å². The molecular formula is C19H23NO3S. The summed E-state index contributed by atoms with van der Waals surface area (Å²) in [6.45, 7) is 2.35. The van der Waals surface area contributed by atoms with Gasteiger partial charge in [0.1, 0.15) is 5.75 Å². The van der Waals surface area contributed by atoms with Gasteiger partial charge in [-0.1, -0.05) is 42.0 Å². The highest BCUT2D eigenvalue weighted by molar-refractivity contribution is 7.89. The number of unbranched alkanes of at least 4 members (excludes halogenated alkanes) is 1. The number of methoxy groups -OCH3 is 1. The quantitative estimate of drug-likeness (QED) is 0.741. The van der Waals surface area contributed by atoms with Crippen molar-refractivity contribution in [3.05, 3.63) is 65.7 Å². The van der Waals surface area contributed by atoms with E-state index >= 15 is 0 Å². The van der Waals surface area contributed by atoms with Gasteiger partial charge in [-0.25, -0.2) is 13.1 Å². The minimum absolute atomic E-state index is 0.307. The van der Waals surface area contributed by atoms with Crippen LogP contribution in [0.3, 0.4) is 0 Å². The van der Waals surface area contributed by atoms with Crippen molar-refractivity contribution in [3.8, 4) is 5.75 Å². The van der Waals surface area contributed by atoms with E-state index in [1.165, 1.54) is 0 Å². The van der Waals surface area contributed by atoms with Crippen LogP contribution in [0, 0.1) is 6.92 Å². The molecule has 2 aromatic rings. The number of hydrogen-bond acceptors (Lipinski definition) is 3. The average molecular weight is 345 g/mol. The van der Waals surface area contributed by atoms with Gasteiger partial charge in [0.15, 0.2) is 0 Å². The number of sulfonamides is 1. The fourth-order valence-corrected chi connectivity index (χ4v) is 3.24. The largest absolute Gasteiger partial charge is 0.497 e. The van der Waals surface area contributed by atoms with Gasteiger partial charge in [-0.2, -0.15) is 0 Å². The molecule has 0 heterocycles. The van der Waals surface area contributed by atoms with Crippen molar-refractivity contribution in [2.75, 3.05) is 13.7 Å². The predicted octanol–water partition coefficient (Wildman–Crippen LogP) is 3.78. The number of aryl methyl sites for hydroxylation is 1. The maximum Gasteiger partial charge on any atom is 0.240 e. The molecule has 0 spiro atoms. The molecule has 0 atom stereocenters.